The standard InChI is InChI=1S/C9H20N2O/c1-3-4-6-10-7-5-8-11-9(2)12/h10H,3-8H2,1-2H3,(H,11,12). The minimum Gasteiger partial charge on any atom is -0.356 e. The van der Waals surface area contributed by atoms with Gasteiger partial charge >= 0.3 is 0 Å². The Morgan fingerprint density at radius 2 is 1.83 bits per heavy atom. The van der Waals surface area contributed by atoms with Crippen molar-refractivity contribution in [1.29, 1.82) is 0 Å². The summed E-state index contributed by atoms with van der Waals surface area (Å²) >= 11 is 0. The predicted octanol–water partition coefficient (Wildman–Crippen LogP) is 0.902. The number of amides is 1. The normalized spacial score (nSPS) is 9.83. The third-order valence-electron chi connectivity index (χ3n) is 1.61. The number of carbonyl (C=O) groups excluding carboxylic acids is 1. The Bertz CT molecular complexity index is 115. The number of hydrogen-bond donors (Lipinski definition) is 2. The first kappa shape index (κ1) is 11.4. The van der Waals surface area contributed by atoms with Gasteiger partial charge in [-0.3, -0.25) is 4.79 Å². The SMILES string of the molecule is CCCCNCCCNC(C)=O. The molecule has 0 aromatic heterocycles. The lowest BCUT2D eigenvalue weighted by molar-refractivity contribution is -0.118. The molecule has 3 heteroatoms. The lowest BCUT2D eigenvalue weighted by Crippen LogP contribution is -2.25. The Morgan fingerprint density at radius 1 is 1.17 bits per heavy atom. The molecule has 0 aliphatic heterocycles. The summed E-state index contributed by atoms with van der Waals surface area (Å²) in [5, 5.41) is 6.07. The second-order valence-electron chi connectivity index (χ2n) is 2.94. The van der Waals surface area contributed by atoms with E-state index in [9.17, 15) is 4.79 Å². The van der Waals surface area contributed by atoms with Crippen LogP contribution in [-0.4, -0.2) is 25.5 Å². The van der Waals surface area contributed by atoms with Crippen LogP contribution in [-0.2, 0) is 4.79 Å². The van der Waals surface area contributed by atoms with E-state index in [4.69, 9.17) is 0 Å². The maximum atomic E-state index is 10.4. The molecule has 0 spiro atoms. The van der Waals surface area contributed by atoms with Gasteiger partial charge in [-0.1, -0.05) is 13.3 Å². The van der Waals surface area contributed by atoms with Gasteiger partial charge in [-0.05, 0) is 25.9 Å². The van der Waals surface area contributed by atoms with E-state index >= 15 is 0 Å². The van der Waals surface area contributed by atoms with Crippen molar-refractivity contribution in [2.75, 3.05) is 19.6 Å². The van der Waals surface area contributed by atoms with Crippen molar-refractivity contribution in [2.45, 2.75) is 33.1 Å². The van der Waals surface area contributed by atoms with Gasteiger partial charge < -0.3 is 10.6 Å². The monoisotopic (exact) mass is 172 g/mol. The van der Waals surface area contributed by atoms with Crippen molar-refractivity contribution in [3.63, 3.8) is 0 Å². The number of unbranched alkanes of at least 4 members (excludes halogenated alkanes) is 1. The molecule has 3 nitrogen and oxygen atoms in total. The van der Waals surface area contributed by atoms with E-state index in [0.29, 0.717) is 0 Å². The second-order valence-corrected chi connectivity index (χ2v) is 2.94. The van der Waals surface area contributed by atoms with Crippen LogP contribution < -0.4 is 10.6 Å². The third kappa shape index (κ3) is 9.43. The van der Waals surface area contributed by atoms with Crippen LogP contribution in [0.4, 0.5) is 0 Å². The minimum absolute atomic E-state index is 0.0589. The lowest BCUT2D eigenvalue weighted by atomic mass is 10.3. The average Bonchev–Trinajstić information content (AvgIpc) is 2.02. The lowest BCUT2D eigenvalue weighted by Gasteiger charge is -2.03. The molecule has 0 aliphatic carbocycles. The topological polar surface area (TPSA) is 41.1 Å². The highest BCUT2D eigenvalue weighted by Gasteiger charge is 1.89. The van der Waals surface area contributed by atoms with Crippen LogP contribution in [0, 0.1) is 0 Å². The highest BCUT2D eigenvalue weighted by molar-refractivity contribution is 5.72. The molecule has 1 amide bonds. The first-order valence-electron chi connectivity index (χ1n) is 4.72. The Balaban J connectivity index is 2.86. The predicted molar refractivity (Wildman–Crippen MR) is 51.1 cm³/mol. The highest BCUT2D eigenvalue weighted by Crippen LogP contribution is 1.82. The fraction of sp³-hybridized carbons (Fsp3) is 0.889. The van der Waals surface area contributed by atoms with Gasteiger partial charge in [0.15, 0.2) is 0 Å². The van der Waals surface area contributed by atoms with Gasteiger partial charge in [-0.2, -0.15) is 0 Å². The largest absolute Gasteiger partial charge is 0.356 e. The van der Waals surface area contributed by atoms with Crippen molar-refractivity contribution in [3.8, 4) is 0 Å². The molecule has 0 saturated heterocycles. The molecule has 0 aliphatic rings. The molecule has 12 heavy (non-hydrogen) atoms. The molecule has 0 heterocycles. The first-order chi connectivity index (χ1) is 5.77. The first-order valence-corrected chi connectivity index (χ1v) is 4.72. The van der Waals surface area contributed by atoms with Gasteiger partial charge in [-0.25, -0.2) is 0 Å². The van der Waals surface area contributed by atoms with Gasteiger partial charge in [0.1, 0.15) is 0 Å². The van der Waals surface area contributed by atoms with Crippen LogP contribution in [0.5, 0.6) is 0 Å². The summed E-state index contributed by atoms with van der Waals surface area (Å²) < 4.78 is 0. The number of hydrogen-bond acceptors (Lipinski definition) is 2. The Labute approximate surface area is 74.9 Å². The molecular weight excluding hydrogens is 152 g/mol. The van der Waals surface area contributed by atoms with E-state index in [1.165, 1.54) is 12.8 Å². The molecule has 0 aromatic carbocycles. The van der Waals surface area contributed by atoms with Gasteiger partial charge in [0, 0.05) is 13.5 Å². The molecule has 0 bridgehead atoms. The van der Waals surface area contributed by atoms with Gasteiger partial charge in [0.05, 0.1) is 0 Å². The molecule has 0 unspecified atom stereocenters. The smallest absolute Gasteiger partial charge is 0.216 e. The maximum absolute atomic E-state index is 10.4. The minimum atomic E-state index is 0.0589. The summed E-state index contributed by atoms with van der Waals surface area (Å²) in [6.07, 6.45) is 3.49. The van der Waals surface area contributed by atoms with Crippen LogP contribution in [0.3, 0.4) is 0 Å². The van der Waals surface area contributed by atoms with Crippen molar-refractivity contribution < 1.29 is 4.79 Å². The summed E-state index contributed by atoms with van der Waals surface area (Å²) in [6.45, 7) is 6.61. The molecular formula is C9H20N2O. The third-order valence-corrected chi connectivity index (χ3v) is 1.61. The average molecular weight is 172 g/mol. The summed E-state index contributed by atoms with van der Waals surface area (Å²) in [4.78, 5) is 10.4. The quantitative estimate of drug-likeness (QED) is 0.560. The fourth-order valence-corrected chi connectivity index (χ4v) is 0.905. The van der Waals surface area contributed by atoms with E-state index in [1.807, 2.05) is 0 Å². The molecule has 0 saturated carbocycles. The van der Waals surface area contributed by atoms with Crippen LogP contribution in [0.15, 0.2) is 0 Å². The zero-order chi connectivity index (χ0) is 9.23. The van der Waals surface area contributed by atoms with Gasteiger partial charge in [0.2, 0.25) is 5.91 Å². The van der Waals surface area contributed by atoms with Crippen LogP contribution in [0.2, 0.25) is 0 Å². The molecule has 0 atom stereocenters. The number of nitrogens with one attached hydrogen (secondary N) is 2. The van der Waals surface area contributed by atoms with E-state index in [2.05, 4.69) is 17.6 Å². The maximum Gasteiger partial charge on any atom is 0.216 e. The van der Waals surface area contributed by atoms with Crippen LogP contribution >= 0.6 is 0 Å². The molecule has 0 fully saturated rings. The Kier molecular flexibility index (Phi) is 8.12. The van der Waals surface area contributed by atoms with Crippen LogP contribution in [0.25, 0.3) is 0 Å². The van der Waals surface area contributed by atoms with E-state index in [1.54, 1.807) is 6.92 Å². The number of carbonyl (C=O) groups is 1. The highest BCUT2D eigenvalue weighted by atomic mass is 16.1. The Hall–Kier alpha value is -0.570. The van der Waals surface area contributed by atoms with E-state index in [-0.39, 0.29) is 5.91 Å². The molecule has 0 rings (SSSR count). The summed E-state index contributed by atoms with van der Waals surface area (Å²) in [5.41, 5.74) is 0. The second kappa shape index (κ2) is 8.53. The van der Waals surface area contributed by atoms with Crippen molar-refractivity contribution in [2.24, 2.45) is 0 Å². The summed E-state index contributed by atoms with van der Waals surface area (Å²) in [7, 11) is 0. The summed E-state index contributed by atoms with van der Waals surface area (Å²) in [6, 6.07) is 0. The van der Waals surface area contributed by atoms with Crippen LogP contribution in [0.1, 0.15) is 33.1 Å². The van der Waals surface area contributed by atoms with E-state index in [0.717, 1.165) is 26.1 Å². The Morgan fingerprint density at radius 3 is 2.42 bits per heavy atom. The van der Waals surface area contributed by atoms with Gasteiger partial charge in [0.25, 0.3) is 0 Å². The van der Waals surface area contributed by atoms with Crippen molar-refractivity contribution >= 4 is 5.91 Å². The zero-order valence-corrected chi connectivity index (χ0v) is 8.15. The summed E-state index contributed by atoms with van der Waals surface area (Å²) in [5.74, 6) is 0.0589. The zero-order valence-electron chi connectivity index (χ0n) is 8.15. The van der Waals surface area contributed by atoms with E-state index < -0.39 is 0 Å². The molecule has 2 N–H and O–H groups in total. The number of rotatable bonds is 7. The fourth-order valence-electron chi connectivity index (χ4n) is 0.905. The van der Waals surface area contributed by atoms with Crippen molar-refractivity contribution in [1.82, 2.24) is 10.6 Å². The van der Waals surface area contributed by atoms with Crippen molar-refractivity contribution in [3.05, 3.63) is 0 Å². The molecule has 72 valence electrons. The van der Waals surface area contributed by atoms with Gasteiger partial charge in [-0.15, -0.1) is 0 Å². The molecule has 0 aromatic rings. The molecule has 0 radical (unpaired) electrons.